The molecule has 0 unspecified atom stereocenters. The zero-order valence-corrected chi connectivity index (χ0v) is 11.6. The number of halogens is 2. The standard InChI is InChI=1S/C10H19N3.2ClH/c1-7(2)11-6-10-12-8(3)9(4)13(10)5;;/h7,11H,6H2,1-5H3;2*1H. The Morgan fingerprint density at radius 3 is 2.13 bits per heavy atom. The van der Waals surface area contributed by atoms with E-state index in [-0.39, 0.29) is 24.8 Å². The SMILES string of the molecule is Cc1nc(CNC(C)C)n(C)c1C.Cl.Cl. The van der Waals surface area contributed by atoms with E-state index in [1.165, 1.54) is 5.69 Å². The van der Waals surface area contributed by atoms with Crippen LogP contribution in [0.25, 0.3) is 0 Å². The van der Waals surface area contributed by atoms with Crippen molar-refractivity contribution in [1.29, 1.82) is 0 Å². The summed E-state index contributed by atoms with van der Waals surface area (Å²) in [5, 5.41) is 3.36. The number of hydrogen-bond donors (Lipinski definition) is 1. The monoisotopic (exact) mass is 253 g/mol. The maximum Gasteiger partial charge on any atom is 0.122 e. The minimum absolute atomic E-state index is 0. The highest BCUT2D eigenvalue weighted by atomic mass is 35.5. The number of aryl methyl sites for hydroxylation is 1. The van der Waals surface area contributed by atoms with Gasteiger partial charge in [-0.3, -0.25) is 0 Å². The highest BCUT2D eigenvalue weighted by molar-refractivity contribution is 5.85. The van der Waals surface area contributed by atoms with Gasteiger partial charge in [0.1, 0.15) is 5.82 Å². The maximum atomic E-state index is 4.48. The molecule has 15 heavy (non-hydrogen) atoms. The number of hydrogen-bond acceptors (Lipinski definition) is 2. The predicted octanol–water partition coefficient (Wildman–Crippen LogP) is 2.38. The molecule has 0 amide bonds. The molecule has 1 aromatic heterocycles. The summed E-state index contributed by atoms with van der Waals surface area (Å²) in [6.07, 6.45) is 0. The van der Waals surface area contributed by atoms with Gasteiger partial charge in [0.25, 0.3) is 0 Å². The minimum atomic E-state index is 0. The van der Waals surface area contributed by atoms with Gasteiger partial charge < -0.3 is 9.88 Å². The molecule has 1 N–H and O–H groups in total. The highest BCUT2D eigenvalue weighted by Gasteiger charge is 2.06. The van der Waals surface area contributed by atoms with Crippen molar-refractivity contribution in [2.75, 3.05) is 0 Å². The van der Waals surface area contributed by atoms with Gasteiger partial charge in [-0.1, -0.05) is 13.8 Å². The summed E-state index contributed by atoms with van der Waals surface area (Å²) < 4.78 is 2.14. The predicted molar refractivity (Wildman–Crippen MR) is 69.2 cm³/mol. The Bertz CT molecular complexity index is 295. The lowest BCUT2D eigenvalue weighted by Crippen LogP contribution is -2.23. The molecule has 0 aliphatic rings. The van der Waals surface area contributed by atoms with Crippen LogP contribution >= 0.6 is 24.8 Å². The van der Waals surface area contributed by atoms with Gasteiger partial charge in [-0.15, -0.1) is 24.8 Å². The Morgan fingerprint density at radius 1 is 1.27 bits per heavy atom. The van der Waals surface area contributed by atoms with Gasteiger partial charge in [0, 0.05) is 18.8 Å². The van der Waals surface area contributed by atoms with E-state index in [9.17, 15) is 0 Å². The Labute approximate surface area is 104 Å². The van der Waals surface area contributed by atoms with E-state index < -0.39 is 0 Å². The topological polar surface area (TPSA) is 29.9 Å². The first-order valence-electron chi connectivity index (χ1n) is 4.74. The van der Waals surface area contributed by atoms with Gasteiger partial charge in [-0.2, -0.15) is 0 Å². The summed E-state index contributed by atoms with van der Waals surface area (Å²) in [6.45, 7) is 9.28. The fourth-order valence-corrected chi connectivity index (χ4v) is 1.24. The second kappa shape index (κ2) is 7.09. The van der Waals surface area contributed by atoms with Crippen molar-refractivity contribution in [3.05, 3.63) is 17.2 Å². The third-order valence-electron chi connectivity index (χ3n) is 2.38. The Kier molecular flexibility index (Phi) is 8.11. The lowest BCUT2D eigenvalue weighted by molar-refractivity contribution is 0.560. The van der Waals surface area contributed by atoms with Crippen LogP contribution in [0.5, 0.6) is 0 Å². The molecule has 0 aliphatic heterocycles. The fraction of sp³-hybridized carbons (Fsp3) is 0.700. The molecule has 5 heteroatoms. The largest absolute Gasteiger partial charge is 0.334 e. The molecule has 1 heterocycles. The van der Waals surface area contributed by atoms with Crippen molar-refractivity contribution in [2.24, 2.45) is 7.05 Å². The van der Waals surface area contributed by atoms with Crippen molar-refractivity contribution in [3.8, 4) is 0 Å². The van der Waals surface area contributed by atoms with Crippen LogP contribution in [0.4, 0.5) is 0 Å². The van der Waals surface area contributed by atoms with Gasteiger partial charge in [0.05, 0.1) is 12.2 Å². The Hall–Kier alpha value is -0.250. The van der Waals surface area contributed by atoms with E-state index in [1.807, 2.05) is 6.92 Å². The third kappa shape index (κ3) is 4.41. The first-order valence-corrected chi connectivity index (χ1v) is 4.74. The molecular formula is C10H21Cl2N3. The maximum absolute atomic E-state index is 4.48. The van der Waals surface area contributed by atoms with Crippen LogP contribution in [0.2, 0.25) is 0 Å². The quantitative estimate of drug-likeness (QED) is 0.897. The number of imidazole rings is 1. The van der Waals surface area contributed by atoms with Gasteiger partial charge in [0.2, 0.25) is 0 Å². The average Bonchev–Trinajstić information content (AvgIpc) is 2.29. The summed E-state index contributed by atoms with van der Waals surface area (Å²) in [6, 6.07) is 0.511. The molecule has 0 saturated heterocycles. The van der Waals surface area contributed by atoms with Crippen LogP contribution in [0.3, 0.4) is 0 Å². The van der Waals surface area contributed by atoms with E-state index in [1.54, 1.807) is 0 Å². The summed E-state index contributed by atoms with van der Waals surface area (Å²) in [5.41, 5.74) is 2.38. The van der Waals surface area contributed by atoms with Crippen molar-refractivity contribution in [2.45, 2.75) is 40.3 Å². The molecule has 90 valence electrons. The molecule has 0 fully saturated rings. The molecular weight excluding hydrogens is 233 g/mol. The van der Waals surface area contributed by atoms with Crippen molar-refractivity contribution in [1.82, 2.24) is 14.9 Å². The van der Waals surface area contributed by atoms with Crippen molar-refractivity contribution < 1.29 is 0 Å². The summed E-state index contributed by atoms with van der Waals surface area (Å²) in [7, 11) is 2.06. The zero-order chi connectivity index (χ0) is 10.0. The van der Waals surface area contributed by atoms with E-state index in [0.717, 1.165) is 18.1 Å². The molecule has 1 rings (SSSR count). The molecule has 0 aliphatic carbocycles. The molecule has 0 saturated carbocycles. The molecule has 0 aromatic carbocycles. The van der Waals surface area contributed by atoms with Crippen LogP contribution in [0.15, 0.2) is 0 Å². The second-order valence-corrected chi connectivity index (χ2v) is 3.79. The summed E-state index contributed by atoms with van der Waals surface area (Å²) in [4.78, 5) is 4.48. The highest BCUT2D eigenvalue weighted by Crippen LogP contribution is 2.07. The zero-order valence-electron chi connectivity index (χ0n) is 10.00. The Morgan fingerprint density at radius 2 is 1.80 bits per heavy atom. The Balaban J connectivity index is 0. The van der Waals surface area contributed by atoms with Crippen LogP contribution in [0.1, 0.15) is 31.1 Å². The first kappa shape index (κ1) is 17.2. The summed E-state index contributed by atoms with van der Waals surface area (Å²) >= 11 is 0. The molecule has 1 aromatic rings. The van der Waals surface area contributed by atoms with E-state index >= 15 is 0 Å². The first-order chi connectivity index (χ1) is 6.02. The normalized spacial score (nSPS) is 9.73. The number of aromatic nitrogens is 2. The lowest BCUT2D eigenvalue weighted by Gasteiger charge is -2.07. The van der Waals surface area contributed by atoms with Gasteiger partial charge >= 0.3 is 0 Å². The molecule has 0 spiro atoms. The lowest BCUT2D eigenvalue weighted by atomic mass is 10.4. The second-order valence-electron chi connectivity index (χ2n) is 3.79. The third-order valence-corrected chi connectivity index (χ3v) is 2.38. The average molecular weight is 254 g/mol. The van der Waals surface area contributed by atoms with Gasteiger partial charge in [-0.25, -0.2) is 4.98 Å². The van der Waals surface area contributed by atoms with Crippen LogP contribution in [-0.4, -0.2) is 15.6 Å². The number of nitrogens with zero attached hydrogens (tertiary/aromatic N) is 2. The smallest absolute Gasteiger partial charge is 0.122 e. The van der Waals surface area contributed by atoms with Crippen LogP contribution in [0, 0.1) is 13.8 Å². The van der Waals surface area contributed by atoms with Crippen LogP contribution < -0.4 is 5.32 Å². The molecule has 0 bridgehead atoms. The van der Waals surface area contributed by atoms with E-state index in [4.69, 9.17) is 0 Å². The molecule has 0 atom stereocenters. The fourth-order valence-electron chi connectivity index (χ4n) is 1.24. The molecule has 3 nitrogen and oxygen atoms in total. The number of rotatable bonds is 3. The van der Waals surface area contributed by atoms with Gasteiger partial charge in [-0.05, 0) is 13.8 Å². The van der Waals surface area contributed by atoms with E-state index in [2.05, 4.69) is 42.7 Å². The van der Waals surface area contributed by atoms with Crippen molar-refractivity contribution in [3.63, 3.8) is 0 Å². The van der Waals surface area contributed by atoms with Gasteiger partial charge in [0.15, 0.2) is 0 Å². The van der Waals surface area contributed by atoms with E-state index in [0.29, 0.717) is 6.04 Å². The van der Waals surface area contributed by atoms with Crippen LogP contribution in [-0.2, 0) is 13.6 Å². The number of nitrogens with one attached hydrogen (secondary N) is 1. The summed E-state index contributed by atoms with van der Waals surface area (Å²) in [5.74, 6) is 1.11. The molecule has 0 radical (unpaired) electrons. The minimum Gasteiger partial charge on any atom is -0.334 e. The van der Waals surface area contributed by atoms with Crippen molar-refractivity contribution >= 4 is 24.8 Å².